The highest BCUT2D eigenvalue weighted by Crippen LogP contribution is 2.34. The van der Waals surface area contributed by atoms with Crippen LogP contribution in [0.3, 0.4) is 0 Å². The number of carbonyl (C=O) groups is 2. The minimum absolute atomic E-state index is 0.148. The van der Waals surface area contributed by atoms with Crippen molar-refractivity contribution in [1.29, 1.82) is 0 Å². The first-order valence-corrected chi connectivity index (χ1v) is 9.87. The zero-order valence-electron chi connectivity index (χ0n) is 17.3. The number of rotatable bonds is 1. The second kappa shape index (κ2) is 8.55. The minimum Gasteiger partial charge on any atom is -0.507 e. The van der Waals surface area contributed by atoms with Gasteiger partial charge in [-0.15, -0.1) is 0 Å². The molecule has 0 aromatic heterocycles. The first kappa shape index (κ1) is 21.3. The van der Waals surface area contributed by atoms with Gasteiger partial charge >= 0.3 is 5.97 Å². The van der Waals surface area contributed by atoms with Gasteiger partial charge < -0.3 is 24.1 Å². The van der Waals surface area contributed by atoms with E-state index < -0.39 is 24.0 Å². The third-order valence-electron chi connectivity index (χ3n) is 5.07. The molecule has 1 N–H and O–H groups in total. The van der Waals surface area contributed by atoms with Crippen molar-refractivity contribution in [1.82, 2.24) is 0 Å². The van der Waals surface area contributed by atoms with Crippen LogP contribution in [0, 0.1) is 0 Å². The molecule has 1 saturated heterocycles. The quantitative estimate of drug-likeness (QED) is 0.718. The average Bonchev–Trinajstić information content (AvgIpc) is 2.95. The fraction of sp³-hybridized carbons (Fsp3) is 0.545. The Labute approximate surface area is 170 Å². The molecule has 0 amide bonds. The van der Waals surface area contributed by atoms with E-state index in [-0.39, 0.29) is 23.2 Å². The first-order chi connectivity index (χ1) is 13.7. The normalized spacial score (nSPS) is 28.6. The standard InChI is InChI=1S/C22H28O7/c1-13-7-5-9-16(23)20-18(28-22(2,3)29-20)10-6-8-14-11-15(26-4)12-17(24)19(14)21(25)27-13/h5,9,11-13,18,20,24H,6-8,10H2,1-4H3/b9-5-. The molecule has 7 nitrogen and oxygen atoms in total. The van der Waals surface area contributed by atoms with Crippen LogP contribution in [0.15, 0.2) is 24.3 Å². The number of hydrogen-bond donors (Lipinski definition) is 1. The molecular formula is C22H28O7. The molecule has 1 aromatic rings. The van der Waals surface area contributed by atoms with E-state index in [1.807, 2.05) is 0 Å². The molecule has 2 heterocycles. The first-order valence-electron chi connectivity index (χ1n) is 9.87. The molecule has 3 unspecified atom stereocenters. The van der Waals surface area contributed by atoms with Gasteiger partial charge in [0, 0.05) is 12.5 Å². The van der Waals surface area contributed by atoms with E-state index in [2.05, 4.69) is 0 Å². The Morgan fingerprint density at radius 2 is 1.97 bits per heavy atom. The van der Waals surface area contributed by atoms with E-state index >= 15 is 0 Å². The predicted octanol–water partition coefficient (Wildman–Crippen LogP) is 3.32. The molecule has 29 heavy (non-hydrogen) atoms. The number of phenols is 1. The summed E-state index contributed by atoms with van der Waals surface area (Å²) in [5.74, 6) is -1.30. The van der Waals surface area contributed by atoms with Crippen LogP contribution >= 0.6 is 0 Å². The van der Waals surface area contributed by atoms with Crippen LogP contribution < -0.4 is 4.74 Å². The Morgan fingerprint density at radius 3 is 2.69 bits per heavy atom. The van der Waals surface area contributed by atoms with Crippen molar-refractivity contribution in [2.45, 2.75) is 70.6 Å². The number of ketones is 1. The Kier molecular flexibility index (Phi) is 6.29. The molecule has 1 aromatic carbocycles. The molecule has 1 fully saturated rings. The lowest BCUT2D eigenvalue weighted by atomic mass is 9.97. The molecular weight excluding hydrogens is 376 g/mol. The maximum Gasteiger partial charge on any atom is 0.342 e. The van der Waals surface area contributed by atoms with Crippen LogP contribution in [0.2, 0.25) is 0 Å². The van der Waals surface area contributed by atoms with Crippen molar-refractivity contribution in [2.24, 2.45) is 0 Å². The van der Waals surface area contributed by atoms with Crippen molar-refractivity contribution < 1.29 is 33.6 Å². The Morgan fingerprint density at radius 1 is 1.21 bits per heavy atom. The minimum atomic E-state index is -0.835. The van der Waals surface area contributed by atoms with Crippen LogP contribution in [-0.2, 0) is 25.4 Å². The van der Waals surface area contributed by atoms with Crippen LogP contribution in [0.4, 0.5) is 0 Å². The molecule has 0 aliphatic carbocycles. The summed E-state index contributed by atoms with van der Waals surface area (Å²) in [4.78, 5) is 25.3. The van der Waals surface area contributed by atoms with Gasteiger partial charge in [0.15, 0.2) is 11.6 Å². The number of esters is 1. The van der Waals surface area contributed by atoms with Crippen molar-refractivity contribution in [3.63, 3.8) is 0 Å². The predicted molar refractivity (Wildman–Crippen MR) is 105 cm³/mol. The summed E-state index contributed by atoms with van der Waals surface area (Å²) in [6.45, 7) is 5.32. The molecule has 3 atom stereocenters. The van der Waals surface area contributed by atoms with Gasteiger partial charge in [0.05, 0.1) is 13.2 Å². The van der Waals surface area contributed by atoms with Crippen LogP contribution in [0.25, 0.3) is 0 Å². The van der Waals surface area contributed by atoms with Crippen molar-refractivity contribution in [3.8, 4) is 11.5 Å². The fourth-order valence-corrected chi connectivity index (χ4v) is 3.75. The summed E-state index contributed by atoms with van der Waals surface area (Å²) in [7, 11) is 1.50. The summed E-state index contributed by atoms with van der Waals surface area (Å²) >= 11 is 0. The van der Waals surface area contributed by atoms with E-state index in [4.69, 9.17) is 18.9 Å². The van der Waals surface area contributed by atoms with Crippen LogP contribution in [0.1, 0.15) is 56.0 Å². The third-order valence-corrected chi connectivity index (χ3v) is 5.07. The molecule has 2 aliphatic rings. The average molecular weight is 404 g/mol. The zero-order chi connectivity index (χ0) is 21.2. The van der Waals surface area contributed by atoms with Gasteiger partial charge in [-0.3, -0.25) is 4.79 Å². The maximum absolute atomic E-state index is 12.7. The number of hydrogen-bond acceptors (Lipinski definition) is 7. The Balaban J connectivity index is 1.93. The highest BCUT2D eigenvalue weighted by Gasteiger charge is 2.43. The summed E-state index contributed by atoms with van der Waals surface area (Å²) in [5.41, 5.74) is 0.780. The van der Waals surface area contributed by atoms with Crippen molar-refractivity contribution in [2.75, 3.05) is 7.11 Å². The SMILES string of the molecule is COc1cc(O)c2c(c1)CCCC1OC(C)(C)OC1C(=O)/C=C\CC(C)OC2=O. The highest BCUT2D eigenvalue weighted by atomic mass is 16.8. The number of fused-ring (bicyclic) bond motifs is 2. The van der Waals surface area contributed by atoms with Gasteiger partial charge in [0.25, 0.3) is 0 Å². The summed E-state index contributed by atoms with van der Waals surface area (Å²) in [6, 6.07) is 3.13. The van der Waals surface area contributed by atoms with Gasteiger partial charge in [0.2, 0.25) is 0 Å². The van der Waals surface area contributed by atoms with E-state index in [1.165, 1.54) is 19.3 Å². The van der Waals surface area contributed by atoms with Crippen LogP contribution in [0.5, 0.6) is 11.5 Å². The summed E-state index contributed by atoms with van der Waals surface area (Å²) in [5, 5.41) is 10.4. The molecule has 2 aliphatic heterocycles. The summed E-state index contributed by atoms with van der Waals surface area (Å²) in [6.07, 6.45) is 3.68. The fourth-order valence-electron chi connectivity index (χ4n) is 3.75. The lowest BCUT2D eigenvalue weighted by Gasteiger charge is -2.18. The Bertz CT molecular complexity index is 812. The topological polar surface area (TPSA) is 91.3 Å². The number of phenolic OH excluding ortho intramolecular Hbond substituents is 1. The molecule has 158 valence electrons. The number of methoxy groups -OCH3 is 1. The van der Waals surface area contributed by atoms with Crippen molar-refractivity contribution >= 4 is 11.8 Å². The van der Waals surface area contributed by atoms with Crippen molar-refractivity contribution in [3.05, 3.63) is 35.4 Å². The van der Waals surface area contributed by atoms with Gasteiger partial charge in [-0.1, -0.05) is 6.08 Å². The third kappa shape index (κ3) is 4.97. The smallest absolute Gasteiger partial charge is 0.342 e. The lowest BCUT2D eigenvalue weighted by Crippen LogP contribution is -2.30. The number of cyclic esters (lactones) is 1. The summed E-state index contributed by atoms with van der Waals surface area (Å²) < 4.78 is 22.5. The second-order valence-electron chi connectivity index (χ2n) is 7.92. The number of benzene rings is 1. The Hall–Kier alpha value is -2.38. The van der Waals surface area contributed by atoms with Gasteiger partial charge in [-0.2, -0.15) is 0 Å². The molecule has 0 bridgehead atoms. The van der Waals surface area contributed by atoms with Gasteiger partial charge in [0.1, 0.15) is 29.3 Å². The largest absolute Gasteiger partial charge is 0.507 e. The van der Waals surface area contributed by atoms with Crippen LogP contribution in [-0.4, -0.2) is 48.1 Å². The molecule has 0 spiro atoms. The van der Waals surface area contributed by atoms with E-state index in [9.17, 15) is 14.7 Å². The number of aryl methyl sites for hydroxylation is 1. The highest BCUT2D eigenvalue weighted by molar-refractivity contribution is 5.95. The lowest BCUT2D eigenvalue weighted by molar-refractivity contribution is -0.153. The molecule has 0 saturated carbocycles. The monoisotopic (exact) mass is 404 g/mol. The molecule has 7 heteroatoms. The number of carbonyl (C=O) groups excluding carboxylic acids is 2. The van der Waals surface area contributed by atoms with Gasteiger partial charge in [-0.25, -0.2) is 4.79 Å². The van der Waals surface area contributed by atoms with E-state index in [0.717, 1.165) is 0 Å². The number of aromatic hydroxyl groups is 1. The maximum atomic E-state index is 12.7. The second-order valence-corrected chi connectivity index (χ2v) is 7.92. The molecule has 3 rings (SSSR count). The number of ether oxygens (including phenoxy) is 4. The van der Waals surface area contributed by atoms with E-state index in [1.54, 1.807) is 32.9 Å². The zero-order valence-corrected chi connectivity index (χ0v) is 17.3. The molecule has 0 radical (unpaired) electrons. The van der Waals surface area contributed by atoms with E-state index in [0.29, 0.717) is 37.0 Å². The van der Waals surface area contributed by atoms with Gasteiger partial charge in [-0.05, 0) is 57.7 Å².